The van der Waals surface area contributed by atoms with E-state index in [0.29, 0.717) is 26.7 Å². The number of furan rings is 1. The van der Waals surface area contributed by atoms with Gasteiger partial charge < -0.3 is 14.9 Å². The SMILES string of the molecule is CCOC(=O)c1c(C)oc2nc(CSc3nn(-c4ccccc4)c(=S)s3)nc(N)c12. The number of ether oxygens (including phenoxy) is 1. The van der Waals surface area contributed by atoms with E-state index in [0.717, 1.165) is 10.0 Å². The Morgan fingerprint density at radius 2 is 2.10 bits per heavy atom. The molecule has 1 aromatic carbocycles. The van der Waals surface area contributed by atoms with E-state index in [1.54, 1.807) is 18.5 Å². The number of aromatic nitrogens is 4. The molecule has 0 fully saturated rings. The van der Waals surface area contributed by atoms with Gasteiger partial charge in [0.1, 0.15) is 23.0 Å². The van der Waals surface area contributed by atoms with Crippen LogP contribution < -0.4 is 5.73 Å². The number of para-hydroxylation sites is 1. The van der Waals surface area contributed by atoms with Gasteiger partial charge in [-0.25, -0.2) is 14.5 Å². The number of aryl methyl sites for hydroxylation is 1. The number of esters is 1. The van der Waals surface area contributed by atoms with Crippen molar-refractivity contribution in [3.8, 4) is 5.69 Å². The highest BCUT2D eigenvalue weighted by Crippen LogP contribution is 2.31. The number of anilines is 1. The summed E-state index contributed by atoms with van der Waals surface area (Å²) in [5, 5.41) is 4.94. The predicted molar refractivity (Wildman–Crippen MR) is 119 cm³/mol. The summed E-state index contributed by atoms with van der Waals surface area (Å²) in [6.07, 6.45) is 0. The number of hydrogen-bond donors (Lipinski definition) is 1. The lowest BCUT2D eigenvalue weighted by atomic mass is 10.2. The number of rotatable bonds is 6. The van der Waals surface area contributed by atoms with Gasteiger partial charge in [0, 0.05) is 0 Å². The second-order valence-electron chi connectivity index (χ2n) is 6.13. The van der Waals surface area contributed by atoms with Crippen LogP contribution in [0.25, 0.3) is 16.8 Å². The molecule has 0 saturated heterocycles. The van der Waals surface area contributed by atoms with Crippen LogP contribution >= 0.6 is 35.3 Å². The predicted octanol–water partition coefficient (Wildman–Crippen LogP) is 4.56. The van der Waals surface area contributed by atoms with Gasteiger partial charge in [-0.15, -0.1) is 5.10 Å². The van der Waals surface area contributed by atoms with E-state index in [1.807, 2.05) is 30.3 Å². The van der Waals surface area contributed by atoms with Crippen molar-refractivity contribution in [2.45, 2.75) is 23.9 Å². The Hall–Kier alpha value is -2.76. The van der Waals surface area contributed by atoms with Crippen molar-refractivity contribution < 1.29 is 13.9 Å². The zero-order valence-corrected chi connectivity index (χ0v) is 18.6. The maximum atomic E-state index is 12.2. The summed E-state index contributed by atoms with van der Waals surface area (Å²) in [6, 6.07) is 9.71. The second kappa shape index (κ2) is 8.54. The second-order valence-corrected chi connectivity index (χ2v) is 8.97. The van der Waals surface area contributed by atoms with Crippen LogP contribution in [0, 0.1) is 10.9 Å². The summed E-state index contributed by atoms with van der Waals surface area (Å²) >= 11 is 8.29. The van der Waals surface area contributed by atoms with Gasteiger partial charge in [-0.1, -0.05) is 41.3 Å². The van der Waals surface area contributed by atoms with Gasteiger partial charge in [0.2, 0.25) is 5.71 Å². The lowest BCUT2D eigenvalue weighted by Crippen LogP contribution is -2.07. The van der Waals surface area contributed by atoms with Crippen LogP contribution in [0.5, 0.6) is 0 Å². The molecule has 3 aromatic heterocycles. The monoisotopic (exact) mass is 459 g/mol. The third-order valence-corrected chi connectivity index (χ3v) is 6.50. The quantitative estimate of drug-likeness (QED) is 0.252. The van der Waals surface area contributed by atoms with Crippen LogP contribution in [-0.2, 0) is 10.5 Å². The third-order valence-electron chi connectivity index (χ3n) is 4.14. The Labute approximate surface area is 185 Å². The molecule has 8 nitrogen and oxygen atoms in total. The lowest BCUT2D eigenvalue weighted by Gasteiger charge is -2.03. The first-order valence-corrected chi connectivity index (χ1v) is 11.2. The fraction of sp³-hybridized carbons (Fsp3) is 0.211. The van der Waals surface area contributed by atoms with Crippen LogP contribution in [0.4, 0.5) is 5.82 Å². The first kappa shape index (κ1) is 20.5. The standard InChI is InChI=1S/C19H17N5O3S3/c1-3-26-17(25)13-10(2)27-16-14(13)15(20)21-12(22-16)9-29-18-23-24(19(28)30-18)11-7-5-4-6-8-11/h4-8H,3,9H2,1-2H3,(H2,20,21,22). The van der Waals surface area contributed by atoms with Crippen molar-refractivity contribution >= 4 is 58.2 Å². The zero-order chi connectivity index (χ0) is 21.3. The molecule has 2 N–H and O–H groups in total. The summed E-state index contributed by atoms with van der Waals surface area (Å²) in [6.45, 7) is 3.66. The number of thioether (sulfide) groups is 1. The fourth-order valence-corrected chi connectivity index (χ4v) is 5.09. The minimum Gasteiger partial charge on any atom is -0.462 e. The molecule has 0 saturated carbocycles. The molecule has 0 amide bonds. The van der Waals surface area contributed by atoms with Gasteiger partial charge in [0.05, 0.1) is 23.4 Å². The Morgan fingerprint density at radius 3 is 2.83 bits per heavy atom. The van der Waals surface area contributed by atoms with E-state index in [1.165, 1.54) is 23.1 Å². The molecule has 154 valence electrons. The van der Waals surface area contributed by atoms with Crippen molar-refractivity contribution in [3.05, 3.63) is 51.4 Å². The largest absolute Gasteiger partial charge is 0.462 e. The first-order valence-electron chi connectivity index (χ1n) is 8.99. The Bertz CT molecular complexity index is 1280. The number of fused-ring (bicyclic) bond motifs is 1. The maximum Gasteiger partial charge on any atom is 0.342 e. The highest BCUT2D eigenvalue weighted by Gasteiger charge is 2.24. The number of benzene rings is 1. The Balaban J connectivity index is 1.58. The summed E-state index contributed by atoms with van der Waals surface area (Å²) < 4.78 is 13.9. The smallest absolute Gasteiger partial charge is 0.342 e. The molecule has 0 unspecified atom stereocenters. The zero-order valence-electron chi connectivity index (χ0n) is 16.1. The van der Waals surface area contributed by atoms with Gasteiger partial charge in [0.25, 0.3) is 0 Å². The van der Waals surface area contributed by atoms with Crippen molar-refractivity contribution in [2.75, 3.05) is 12.3 Å². The van der Waals surface area contributed by atoms with Crippen LogP contribution in [-0.4, -0.2) is 32.3 Å². The summed E-state index contributed by atoms with van der Waals surface area (Å²) in [7, 11) is 0. The molecule has 3 heterocycles. The molecule has 0 aliphatic rings. The van der Waals surface area contributed by atoms with Crippen LogP contribution in [0.1, 0.15) is 28.9 Å². The number of nitrogens with zero attached hydrogens (tertiary/aromatic N) is 4. The van der Waals surface area contributed by atoms with Gasteiger partial charge in [-0.2, -0.15) is 4.98 Å². The van der Waals surface area contributed by atoms with E-state index in [4.69, 9.17) is 27.1 Å². The summed E-state index contributed by atoms with van der Waals surface area (Å²) in [5.74, 6) is 0.969. The lowest BCUT2D eigenvalue weighted by molar-refractivity contribution is 0.0526. The topological polar surface area (TPSA) is 109 Å². The van der Waals surface area contributed by atoms with Crippen LogP contribution in [0.15, 0.2) is 39.1 Å². The number of nitrogen functional groups attached to an aromatic ring is 1. The molecule has 0 spiro atoms. The average Bonchev–Trinajstić information content (AvgIpc) is 3.26. The molecule has 30 heavy (non-hydrogen) atoms. The molecule has 11 heteroatoms. The Kier molecular flexibility index (Phi) is 5.84. The van der Waals surface area contributed by atoms with Crippen molar-refractivity contribution in [1.29, 1.82) is 0 Å². The highest BCUT2D eigenvalue weighted by atomic mass is 32.2. The minimum absolute atomic E-state index is 0.179. The highest BCUT2D eigenvalue weighted by molar-refractivity contribution is 8.00. The molecular formula is C19H17N5O3S3. The molecule has 0 atom stereocenters. The Morgan fingerprint density at radius 1 is 1.33 bits per heavy atom. The number of hydrogen-bond acceptors (Lipinski definition) is 10. The van der Waals surface area contributed by atoms with Gasteiger partial charge >= 0.3 is 5.97 Å². The molecule has 0 radical (unpaired) electrons. The van der Waals surface area contributed by atoms with E-state index in [9.17, 15) is 4.79 Å². The van der Waals surface area contributed by atoms with Crippen molar-refractivity contribution in [1.82, 2.24) is 19.7 Å². The molecule has 0 aliphatic heterocycles. The summed E-state index contributed by atoms with van der Waals surface area (Å²) in [5.41, 5.74) is 7.56. The minimum atomic E-state index is -0.502. The maximum absolute atomic E-state index is 12.2. The molecule has 4 rings (SSSR count). The molecule has 0 bridgehead atoms. The summed E-state index contributed by atoms with van der Waals surface area (Å²) in [4.78, 5) is 21.0. The van der Waals surface area contributed by atoms with Crippen LogP contribution in [0.3, 0.4) is 0 Å². The van der Waals surface area contributed by atoms with Gasteiger partial charge in [-0.05, 0) is 38.2 Å². The van der Waals surface area contributed by atoms with Crippen molar-refractivity contribution in [2.24, 2.45) is 0 Å². The molecule has 4 aromatic rings. The first-order chi connectivity index (χ1) is 14.5. The normalized spacial score (nSPS) is 11.1. The fourth-order valence-electron chi connectivity index (χ4n) is 2.87. The van der Waals surface area contributed by atoms with Crippen molar-refractivity contribution in [3.63, 3.8) is 0 Å². The molecule has 0 aliphatic carbocycles. The van der Waals surface area contributed by atoms with E-state index < -0.39 is 5.97 Å². The van der Waals surface area contributed by atoms with Crippen LogP contribution in [0.2, 0.25) is 0 Å². The van der Waals surface area contributed by atoms with E-state index >= 15 is 0 Å². The van der Waals surface area contributed by atoms with Gasteiger partial charge in [-0.3, -0.25) is 0 Å². The third kappa shape index (κ3) is 3.95. The number of carbonyl (C=O) groups excluding carboxylic acids is 1. The van der Waals surface area contributed by atoms with E-state index in [2.05, 4.69) is 15.1 Å². The number of nitrogens with two attached hydrogens (primary N) is 1. The number of carbonyl (C=O) groups is 1. The van der Waals surface area contributed by atoms with E-state index in [-0.39, 0.29) is 23.7 Å². The molecular weight excluding hydrogens is 442 g/mol. The average molecular weight is 460 g/mol. The van der Waals surface area contributed by atoms with Gasteiger partial charge in [0.15, 0.2) is 8.29 Å².